The van der Waals surface area contributed by atoms with Gasteiger partial charge in [-0.25, -0.2) is 4.79 Å². The van der Waals surface area contributed by atoms with E-state index in [9.17, 15) is 9.59 Å². The lowest BCUT2D eigenvalue weighted by Crippen LogP contribution is -2.51. The van der Waals surface area contributed by atoms with Crippen LogP contribution in [0, 0.1) is 0 Å². The summed E-state index contributed by atoms with van der Waals surface area (Å²) in [5.41, 5.74) is 0. The molecule has 0 radical (unpaired) electrons. The fourth-order valence-corrected chi connectivity index (χ4v) is 2.43. The predicted octanol–water partition coefficient (Wildman–Crippen LogP) is 1.53. The lowest BCUT2D eigenvalue weighted by molar-refractivity contribution is -0.138. The minimum Gasteiger partial charge on any atom is -0.480 e. The second-order valence-electron chi connectivity index (χ2n) is 5.07. The molecule has 1 atom stereocenters. The SMILES string of the molecule is CC1CCCCN1C(=O)N(CC(=O)O)C1CC1. The molecule has 0 bridgehead atoms. The monoisotopic (exact) mass is 240 g/mol. The number of rotatable bonds is 3. The lowest BCUT2D eigenvalue weighted by atomic mass is 10.0. The van der Waals surface area contributed by atoms with Crippen molar-refractivity contribution in [1.82, 2.24) is 9.80 Å². The summed E-state index contributed by atoms with van der Waals surface area (Å²) in [6, 6.07) is 0.320. The number of carbonyl (C=O) groups excluding carboxylic acids is 1. The molecule has 1 aliphatic heterocycles. The Kier molecular flexibility index (Phi) is 3.54. The smallest absolute Gasteiger partial charge is 0.323 e. The van der Waals surface area contributed by atoms with E-state index < -0.39 is 5.97 Å². The minimum absolute atomic E-state index is 0.0814. The van der Waals surface area contributed by atoms with Gasteiger partial charge in [0, 0.05) is 18.6 Å². The van der Waals surface area contributed by atoms with Crippen molar-refractivity contribution in [2.24, 2.45) is 0 Å². The van der Waals surface area contributed by atoms with E-state index in [1.54, 1.807) is 0 Å². The highest BCUT2D eigenvalue weighted by Gasteiger charge is 2.37. The Morgan fingerprint density at radius 3 is 2.53 bits per heavy atom. The Morgan fingerprint density at radius 2 is 2.00 bits per heavy atom. The maximum Gasteiger partial charge on any atom is 0.323 e. The standard InChI is InChI=1S/C12H20N2O3/c1-9-4-2-3-7-13(9)12(17)14(8-11(15)16)10-5-6-10/h9-10H,2-8H2,1H3,(H,15,16). The fourth-order valence-electron chi connectivity index (χ4n) is 2.43. The van der Waals surface area contributed by atoms with Crippen molar-refractivity contribution in [2.75, 3.05) is 13.1 Å². The van der Waals surface area contributed by atoms with Gasteiger partial charge < -0.3 is 14.9 Å². The number of carboxylic acids is 1. The Hall–Kier alpha value is -1.26. The van der Waals surface area contributed by atoms with Crippen molar-refractivity contribution in [1.29, 1.82) is 0 Å². The molecule has 1 saturated carbocycles. The van der Waals surface area contributed by atoms with Gasteiger partial charge in [0.05, 0.1) is 0 Å². The maximum absolute atomic E-state index is 12.3. The first-order chi connectivity index (χ1) is 8.09. The summed E-state index contributed by atoms with van der Waals surface area (Å²) in [6.45, 7) is 2.65. The number of likely N-dealkylation sites (tertiary alicyclic amines) is 1. The third-order valence-corrected chi connectivity index (χ3v) is 3.59. The van der Waals surface area contributed by atoms with Gasteiger partial charge in [-0.2, -0.15) is 0 Å². The summed E-state index contributed by atoms with van der Waals surface area (Å²) in [5.74, 6) is -0.921. The van der Waals surface area contributed by atoms with E-state index in [1.165, 1.54) is 4.90 Å². The first-order valence-electron chi connectivity index (χ1n) is 6.38. The molecule has 0 spiro atoms. The topological polar surface area (TPSA) is 60.9 Å². The molecule has 5 heteroatoms. The molecule has 2 amide bonds. The van der Waals surface area contributed by atoms with E-state index >= 15 is 0 Å². The Bertz CT molecular complexity index is 315. The number of amides is 2. The van der Waals surface area contributed by atoms with E-state index in [4.69, 9.17) is 5.11 Å². The number of aliphatic carboxylic acids is 1. The van der Waals surface area contributed by atoms with E-state index in [1.807, 2.05) is 11.8 Å². The lowest BCUT2D eigenvalue weighted by Gasteiger charge is -2.37. The molecule has 0 aromatic rings. The first-order valence-corrected chi connectivity index (χ1v) is 6.38. The Labute approximate surface area is 101 Å². The van der Waals surface area contributed by atoms with Crippen LogP contribution in [0.2, 0.25) is 0 Å². The zero-order valence-corrected chi connectivity index (χ0v) is 10.3. The Balaban J connectivity index is 2.01. The highest BCUT2D eigenvalue weighted by molar-refractivity contribution is 5.81. The number of carbonyl (C=O) groups is 2. The molecule has 2 aliphatic rings. The van der Waals surface area contributed by atoms with Gasteiger partial charge in [0.15, 0.2) is 0 Å². The second kappa shape index (κ2) is 4.94. The average molecular weight is 240 g/mol. The van der Waals surface area contributed by atoms with E-state index in [0.29, 0.717) is 0 Å². The predicted molar refractivity (Wildman–Crippen MR) is 62.8 cm³/mol. The maximum atomic E-state index is 12.3. The number of piperidine rings is 1. The van der Waals surface area contributed by atoms with Crippen molar-refractivity contribution in [3.63, 3.8) is 0 Å². The van der Waals surface area contributed by atoms with Crippen LogP contribution in [0.1, 0.15) is 39.0 Å². The summed E-state index contributed by atoms with van der Waals surface area (Å²) >= 11 is 0. The molecular formula is C12H20N2O3. The zero-order valence-electron chi connectivity index (χ0n) is 10.3. The average Bonchev–Trinajstić information content (AvgIpc) is 3.09. The zero-order chi connectivity index (χ0) is 12.4. The third kappa shape index (κ3) is 2.90. The normalized spacial score (nSPS) is 24.5. The van der Waals surface area contributed by atoms with Gasteiger partial charge in [-0.05, 0) is 39.0 Å². The number of hydrogen-bond donors (Lipinski definition) is 1. The molecule has 96 valence electrons. The molecule has 17 heavy (non-hydrogen) atoms. The van der Waals surface area contributed by atoms with Crippen LogP contribution in [-0.4, -0.2) is 52.1 Å². The quantitative estimate of drug-likeness (QED) is 0.813. The van der Waals surface area contributed by atoms with Crippen LogP contribution in [0.15, 0.2) is 0 Å². The highest BCUT2D eigenvalue weighted by atomic mass is 16.4. The molecule has 0 aromatic carbocycles. The van der Waals surface area contributed by atoms with Crippen molar-refractivity contribution in [2.45, 2.75) is 51.1 Å². The number of carboxylic acid groups (broad SMARTS) is 1. The van der Waals surface area contributed by atoms with Crippen molar-refractivity contribution < 1.29 is 14.7 Å². The van der Waals surface area contributed by atoms with Crippen LogP contribution in [0.5, 0.6) is 0 Å². The van der Waals surface area contributed by atoms with Crippen LogP contribution >= 0.6 is 0 Å². The number of nitrogens with zero attached hydrogens (tertiary/aromatic N) is 2. The summed E-state index contributed by atoms with van der Waals surface area (Å²) in [6.07, 6.45) is 5.11. The van der Waals surface area contributed by atoms with Crippen molar-refractivity contribution in [3.8, 4) is 0 Å². The highest BCUT2D eigenvalue weighted by Crippen LogP contribution is 2.29. The molecule has 2 fully saturated rings. The van der Waals surface area contributed by atoms with Gasteiger partial charge in [0.1, 0.15) is 6.54 Å². The van der Waals surface area contributed by atoms with E-state index in [0.717, 1.165) is 38.6 Å². The minimum atomic E-state index is -0.921. The van der Waals surface area contributed by atoms with Gasteiger partial charge in [0.2, 0.25) is 0 Å². The molecule has 1 saturated heterocycles. The van der Waals surface area contributed by atoms with E-state index in [-0.39, 0.29) is 24.7 Å². The van der Waals surface area contributed by atoms with Crippen LogP contribution in [0.3, 0.4) is 0 Å². The largest absolute Gasteiger partial charge is 0.480 e. The molecule has 0 aromatic heterocycles. The van der Waals surface area contributed by atoms with Gasteiger partial charge in [0.25, 0.3) is 0 Å². The van der Waals surface area contributed by atoms with Crippen LogP contribution in [-0.2, 0) is 4.79 Å². The first kappa shape index (κ1) is 12.2. The van der Waals surface area contributed by atoms with Gasteiger partial charge in [-0.1, -0.05) is 0 Å². The molecule has 1 unspecified atom stereocenters. The Morgan fingerprint density at radius 1 is 1.29 bits per heavy atom. The summed E-state index contributed by atoms with van der Waals surface area (Å²) in [5, 5.41) is 8.86. The molecule has 1 N–H and O–H groups in total. The number of hydrogen-bond acceptors (Lipinski definition) is 2. The number of urea groups is 1. The molecule has 1 heterocycles. The van der Waals surface area contributed by atoms with Crippen molar-refractivity contribution >= 4 is 12.0 Å². The van der Waals surface area contributed by atoms with Gasteiger partial charge in [-0.3, -0.25) is 4.79 Å². The third-order valence-electron chi connectivity index (χ3n) is 3.59. The molecule has 5 nitrogen and oxygen atoms in total. The molecular weight excluding hydrogens is 220 g/mol. The van der Waals surface area contributed by atoms with Gasteiger partial charge >= 0.3 is 12.0 Å². The summed E-state index contributed by atoms with van der Waals surface area (Å²) in [4.78, 5) is 26.5. The molecule has 2 rings (SSSR count). The summed E-state index contributed by atoms with van der Waals surface area (Å²) < 4.78 is 0. The van der Waals surface area contributed by atoms with Gasteiger partial charge in [-0.15, -0.1) is 0 Å². The van der Waals surface area contributed by atoms with Crippen LogP contribution < -0.4 is 0 Å². The van der Waals surface area contributed by atoms with Crippen LogP contribution in [0.4, 0.5) is 4.79 Å². The van der Waals surface area contributed by atoms with E-state index in [2.05, 4.69) is 0 Å². The second-order valence-corrected chi connectivity index (χ2v) is 5.07. The summed E-state index contributed by atoms with van der Waals surface area (Å²) in [7, 11) is 0. The van der Waals surface area contributed by atoms with Crippen molar-refractivity contribution in [3.05, 3.63) is 0 Å². The fraction of sp³-hybridized carbons (Fsp3) is 0.833. The molecule has 1 aliphatic carbocycles. The van der Waals surface area contributed by atoms with Crippen LogP contribution in [0.25, 0.3) is 0 Å².